The highest BCUT2D eigenvalue weighted by Gasteiger charge is 2.25. The van der Waals surface area contributed by atoms with E-state index < -0.39 is 0 Å². The van der Waals surface area contributed by atoms with E-state index in [1.165, 1.54) is 0 Å². The molecule has 9 heavy (non-hydrogen) atoms. The summed E-state index contributed by atoms with van der Waals surface area (Å²) in [5, 5.41) is 0. The van der Waals surface area contributed by atoms with Gasteiger partial charge in [0.2, 0.25) is 0 Å². The minimum absolute atomic E-state index is 0.238. The van der Waals surface area contributed by atoms with E-state index in [-0.39, 0.29) is 5.60 Å². The first kappa shape index (κ1) is 6.78. The zero-order chi connectivity index (χ0) is 6.74. The Balaban J connectivity index is 2.46. The molecule has 0 radical (unpaired) electrons. The standard InChI is InChI=1S/C7H12O2/c1-3-7(2)5-4-6-8-9-7/h3H,1,4-6H2,2H3. The predicted octanol–water partition coefficient (Wildman–Crippen LogP) is 1.67. The van der Waals surface area contributed by atoms with Gasteiger partial charge in [-0.3, -0.25) is 0 Å². The monoisotopic (exact) mass is 128 g/mol. The van der Waals surface area contributed by atoms with Gasteiger partial charge >= 0.3 is 0 Å². The van der Waals surface area contributed by atoms with Crippen molar-refractivity contribution in [2.75, 3.05) is 6.61 Å². The first-order valence-corrected chi connectivity index (χ1v) is 3.21. The summed E-state index contributed by atoms with van der Waals surface area (Å²) >= 11 is 0. The lowest BCUT2D eigenvalue weighted by atomic mass is 10.0. The predicted molar refractivity (Wildman–Crippen MR) is 34.9 cm³/mol. The summed E-state index contributed by atoms with van der Waals surface area (Å²) in [5.41, 5.74) is -0.238. The summed E-state index contributed by atoms with van der Waals surface area (Å²) in [4.78, 5) is 9.80. The van der Waals surface area contributed by atoms with Crippen LogP contribution < -0.4 is 0 Å². The van der Waals surface area contributed by atoms with Crippen LogP contribution in [0.25, 0.3) is 0 Å². The van der Waals surface area contributed by atoms with Gasteiger partial charge in [0.1, 0.15) is 5.60 Å². The van der Waals surface area contributed by atoms with Gasteiger partial charge in [-0.15, -0.1) is 6.58 Å². The summed E-state index contributed by atoms with van der Waals surface area (Å²) in [6.45, 7) is 6.33. The van der Waals surface area contributed by atoms with Gasteiger partial charge in [0.05, 0.1) is 6.61 Å². The molecule has 1 rings (SSSR count). The third kappa shape index (κ3) is 1.53. The van der Waals surface area contributed by atoms with Gasteiger partial charge < -0.3 is 0 Å². The second-order valence-corrected chi connectivity index (χ2v) is 2.53. The molecule has 1 unspecified atom stereocenters. The minimum atomic E-state index is -0.238. The Hall–Kier alpha value is -0.340. The van der Waals surface area contributed by atoms with Crippen molar-refractivity contribution in [1.82, 2.24) is 0 Å². The molecule has 1 atom stereocenters. The van der Waals surface area contributed by atoms with Crippen molar-refractivity contribution in [3.63, 3.8) is 0 Å². The van der Waals surface area contributed by atoms with Gasteiger partial charge in [0.15, 0.2) is 0 Å². The lowest BCUT2D eigenvalue weighted by molar-refractivity contribution is -0.365. The largest absolute Gasteiger partial charge is 0.236 e. The van der Waals surface area contributed by atoms with Crippen LogP contribution in [0.15, 0.2) is 12.7 Å². The Bertz CT molecular complexity index is 103. The van der Waals surface area contributed by atoms with Gasteiger partial charge in [0.25, 0.3) is 0 Å². The van der Waals surface area contributed by atoms with Crippen molar-refractivity contribution in [2.24, 2.45) is 0 Å². The smallest absolute Gasteiger partial charge is 0.119 e. The first-order chi connectivity index (χ1) is 4.27. The van der Waals surface area contributed by atoms with Crippen LogP contribution in [0.1, 0.15) is 19.8 Å². The van der Waals surface area contributed by atoms with E-state index in [1.54, 1.807) is 6.08 Å². The highest BCUT2D eigenvalue weighted by Crippen LogP contribution is 2.23. The van der Waals surface area contributed by atoms with Gasteiger partial charge in [0, 0.05) is 0 Å². The van der Waals surface area contributed by atoms with Crippen molar-refractivity contribution in [1.29, 1.82) is 0 Å². The van der Waals surface area contributed by atoms with Crippen LogP contribution in [-0.2, 0) is 9.78 Å². The third-order valence-electron chi connectivity index (χ3n) is 1.58. The SMILES string of the molecule is C=CC1(C)CCCOO1. The topological polar surface area (TPSA) is 18.5 Å². The Kier molecular flexibility index (Phi) is 1.88. The minimum Gasteiger partial charge on any atom is -0.236 e. The third-order valence-corrected chi connectivity index (χ3v) is 1.58. The molecular weight excluding hydrogens is 116 g/mol. The van der Waals surface area contributed by atoms with Gasteiger partial charge in [-0.05, 0) is 19.8 Å². The molecule has 2 heteroatoms. The Morgan fingerprint density at radius 3 is 2.78 bits per heavy atom. The van der Waals surface area contributed by atoms with E-state index in [2.05, 4.69) is 6.58 Å². The van der Waals surface area contributed by atoms with Crippen LogP contribution in [0.3, 0.4) is 0 Å². The summed E-state index contributed by atoms with van der Waals surface area (Å²) in [6.07, 6.45) is 3.85. The van der Waals surface area contributed by atoms with Crippen LogP contribution in [0.5, 0.6) is 0 Å². The fourth-order valence-corrected chi connectivity index (χ4v) is 0.836. The van der Waals surface area contributed by atoms with Gasteiger partial charge in [-0.1, -0.05) is 6.08 Å². The average Bonchev–Trinajstić information content (AvgIpc) is 1.90. The van der Waals surface area contributed by atoms with Crippen LogP contribution in [0.2, 0.25) is 0 Å². The fourth-order valence-electron chi connectivity index (χ4n) is 0.836. The fraction of sp³-hybridized carbons (Fsp3) is 0.714. The van der Waals surface area contributed by atoms with Gasteiger partial charge in [-0.25, -0.2) is 9.78 Å². The maximum Gasteiger partial charge on any atom is 0.119 e. The number of hydrogen-bond donors (Lipinski definition) is 0. The molecule has 1 aliphatic heterocycles. The molecule has 1 heterocycles. The molecule has 1 aliphatic rings. The number of hydrogen-bond acceptors (Lipinski definition) is 2. The van der Waals surface area contributed by atoms with Crippen LogP contribution in [-0.4, -0.2) is 12.2 Å². The molecule has 0 N–H and O–H groups in total. The Labute approximate surface area is 55.4 Å². The zero-order valence-corrected chi connectivity index (χ0v) is 5.72. The highest BCUT2D eigenvalue weighted by atomic mass is 17.2. The van der Waals surface area contributed by atoms with Crippen molar-refractivity contribution < 1.29 is 9.78 Å². The molecule has 0 bridgehead atoms. The Morgan fingerprint density at radius 2 is 2.44 bits per heavy atom. The summed E-state index contributed by atoms with van der Waals surface area (Å²) < 4.78 is 0. The first-order valence-electron chi connectivity index (χ1n) is 3.21. The molecule has 2 nitrogen and oxygen atoms in total. The highest BCUT2D eigenvalue weighted by molar-refractivity contribution is 4.93. The van der Waals surface area contributed by atoms with E-state index in [9.17, 15) is 0 Å². The zero-order valence-electron chi connectivity index (χ0n) is 5.72. The van der Waals surface area contributed by atoms with Crippen LogP contribution in [0, 0.1) is 0 Å². The molecule has 0 spiro atoms. The molecule has 0 aromatic rings. The second-order valence-electron chi connectivity index (χ2n) is 2.53. The van der Waals surface area contributed by atoms with E-state index in [1.807, 2.05) is 6.92 Å². The molecule has 0 aromatic carbocycles. The summed E-state index contributed by atoms with van der Waals surface area (Å²) in [7, 11) is 0. The lowest BCUT2D eigenvalue weighted by Crippen LogP contribution is -2.30. The summed E-state index contributed by atoms with van der Waals surface area (Å²) in [5.74, 6) is 0. The molecular formula is C7H12O2. The Morgan fingerprint density at radius 1 is 1.67 bits per heavy atom. The van der Waals surface area contributed by atoms with Crippen molar-refractivity contribution in [3.8, 4) is 0 Å². The van der Waals surface area contributed by atoms with E-state index >= 15 is 0 Å². The molecule has 1 fully saturated rings. The van der Waals surface area contributed by atoms with E-state index in [0.29, 0.717) is 6.61 Å². The van der Waals surface area contributed by atoms with Crippen LogP contribution >= 0.6 is 0 Å². The molecule has 1 saturated heterocycles. The summed E-state index contributed by atoms with van der Waals surface area (Å²) in [6, 6.07) is 0. The second kappa shape index (κ2) is 2.50. The molecule has 0 aromatic heterocycles. The quantitative estimate of drug-likeness (QED) is 0.395. The maximum absolute atomic E-state index is 5.00. The molecule has 0 aliphatic carbocycles. The van der Waals surface area contributed by atoms with Crippen LogP contribution in [0.4, 0.5) is 0 Å². The molecule has 0 amide bonds. The van der Waals surface area contributed by atoms with E-state index in [0.717, 1.165) is 12.8 Å². The molecule has 52 valence electrons. The van der Waals surface area contributed by atoms with Crippen molar-refractivity contribution >= 4 is 0 Å². The molecule has 0 saturated carbocycles. The van der Waals surface area contributed by atoms with Gasteiger partial charge in [-0.2, -0.15) is 0 Å². The normalized spacial score (nSPS) is 36.1. The number of rotatable bonds is 1. The van der Waals surface area contributed by atoms with E-state index in [4.69, 9.17) is 9.78 Å². The maximum atomic E-state index is 5.00. The lowest BCUT2D eigenvalue weighted by Gasteiger charge is -2.28. The van der Waals surface area contributed by atoms with Crippen molar-refractivity contribution in [2.45, 2.75) is 25.4 Å². The van der Waals surface area contributed by atoms with Crippen molar-refractivity contribution in [3.05, 3.63) is 12.7 Å². The average molecular weight is 128 g/mol.